The van der Waals surface area contributed by atoms with Gasteiger partial charge >= 0.3 is 5.97 Å². The van der Waals surface area contributed by atoms with Crippen molar-refractivity contribution in [2.24, 2.45) is 5.92 Å². The maximum atomic E-state index is 10.6. The largest absolute Gasteiger partial charge is 0.477 e. The average molecular weight is 220 g/mol. The Kier molecular flexibility index (Phi) is 3.08. The third kappa shape index (κ3) is 2.15. The first kappa shape index (κ1) is 10.9. The van der Waals surface area contributed by atoms with Gasteiger partial charge in [0.15, 0.2) is 0 Å². The smallest absolute Gasteiger partial charge is 0.354 e. The Morgan fingerprint density at radius 2 is 2.31 bits per heavy atom. The number of carboxylic acid groups (broad SMARTS) is 1. The van der Waals surface area contributed by atoms with Crippen LogP contribution in [0.5, 0.6) is 0 Å². The van der Waals surface area contributed by atoms with Crippen LogP contribution in [0.3, 0.4) is 0 Å². The van der Waals surface area contributed by atoms with E-state index >= 15 is 0 Å². The number of aromatic carboxylic acids is 1. The summed E-state index contributed by atoms with van der Waals surface area (Å²) < 4.78 is 0. The lowest BCUT2D eigenvalue weighted by Crippen LogP contribution is -2.46. The minimum atomic E-state index is -0.973. The van der Waals surface area contributed by atoms with Crippen LogP contribution in [0, 0.1) is 5.92 Å². The number of carboxylic acids is 1. The predicted molar refractivity (Wildman–Crippen MR) is 61.8 cm³/mol. The van der Waals surface area contributed by atoms with Crippen LogP contribution in [0.1, 0.15) is 30.3 Å². The van der Waals surface area contributed by atoms with Gasteiger partial charge in [-0.3, -0.25) is 0 Å². The number of anilines is 1. The molecule has 16 heavy (non-hydrogen) atoms. The van der Waals surface area contributed by atoms with Crippen molar-refractivity contribution in [1.29, 1.82) is 0 Å². The Hall–Kier alpha value is -1.58. The number of hydrogen-bond acceptors (Lipinski definition) is 3. The summed E-state index contributed by atoms with van der Waals surface area (Å²) in [6.07, 6.45) is 4.15. The molecular formula is C12H16N2O2. The first-order valence-electron chi connectivity index (χ1n) is 5.65. The fourth-order valence-electron chi connectivity index (χ4n) is 2.07. The van der Waals surface area contributed by atoms with Crippen molar-refractivity contribution in [3.63, 3.8) is 0 Å². The molecule has 2 rings (SSSR count). The molecule has 1 aliphatic rings. The SMILES string of the molecule is CCCC1CN(c2ccc(C(=O)O)nc2)C1. The van der Waals surface area contributed by atoms with E-state index in [2.05, 4.69) is 16.8 Å². The monoisotopic (exact) mass is 220 g/mol. The lowest BCUT2D eigenvalue weighted by Gasteiger charge is -2.41. The third-order valence-corrected chi connectivity index (χ3v) is 2.99. The lowest BCUT2D eigenvalue weighted by molar-refractivity contribution is 0.0690. The lowest BCUT2D eigenvalue weighted by atomic mass is 9.94. The highest BCUT2D eigenvalue weighted by Crippen LogP contribution is 2.26. The summed E-state index contributed by atoms with van der Waals surface area (Å²) in [5.41, 5.74) is 1.13. The van der Waals surface area contributed by atoms with E-state index in [1.165, 1.54) is 12.8 Å². The van der Waals surface area contributed by atoms with Gasteiger partial charge in [0.2, 0.25) is 0 Å². The number of nitrogens with zero attached hydrogens (tertiary/aromatic N) is 2. The molecule has 4 nitrogen and oxygen atoms in total. The highest BCUT2D eigenvalue weighted by molar-refractivity contribution is 5.85. The Labute approximate surface area is 94.9 Å². The minimum absolute atomic E-state index is 0.106. The number of aromatic nitrogens is 1. The van der Waals surface area contributed by atoms with E-state index in [0.717, 1.165) is 24.7 Å². The molecule has 0 radical (unpaired) electrons. The summed E-state index contributed by atoms with van der Waals surface area (Å²) in [5.74, 6) is -0.178. The Bertz CT molecular complexity index is 369. The molecule has 0 bridgehead atoms. The molecule has 1 aromatic rings. The summed E-state index contributed by atoms with van der Waals surface area (Å²) in [5, 5.41) is 8.72. The first-order chi connectivity index (χ1) is 7.70. The highest BCUT2D eigenvalue weighted by Gasteiger charge is 2.26. The summed E-state index contributed by atoms with van der Waals surface area (Å²) in [6, 6.07) is 3.39. The highest BCUT2D eigenvalue weighted by atomic mass is 16.4. The van der Waals surface area contributed by atoms with Gasteiger partial charge in [-0.25, -0.2) is 9.78 Å². The standard InChI is InChI=1S/C12H16N2O2/c1-2-3-9-7-14(8-9)10-4-5-11(12(15)16)13-6-10/h4-6,9H,2-3,7-8H2,1H3,(H,15,16). The van der Waals surface area contributed by atoms with Crippen LogP contribution >= 0.6 is 0 Å². The Balaban J connectivity index is 1.94. The molecule has 1 aromatic heterocycles. The zero-order chi connectivity index (χ0) is 11.5. The van der Waals surface area contributed by atoms with Crippen LogP contribution < -0.4 is 4.90 Å². The van der Waals surface area contributed by atoms with Gasteiger partial charge < -0.3 is 10.0 Å². The Morgan fingerprint density at radius 3 is 2.81 bits per heavy atom. The van der Waals surface area contributed by atoms with Crippen LogP contribution in [-0.2, 0) is 0 Å². The Morgan fingerprint density at radius 1 is 1.56 bits per heavy atom. The van der Waals surface area contributed by atoms with Crippen molar-refractivity contribution < 1.29 is 9.90 Å². The molecule has 1 saturated heterocycles. The molecule has 0 atom stereocenters. The van der Waals surface area contributed by atoms with Crippen molar-refractivity contribution in [3.8, 4) is 0 Å². The average Bonchev–Trinajstić information content (AvgIpc) is 2.23. The van der Waals surface area contributed by atoms with Crippen LogP contribution in [0.2, 0.25) is 0 Å². The summed E-state index contributed by atoms with van der Waals surface area (Å²) in [7, 11) is 0. The maximum absolute atomic E-state index is 10.6. The van der Waals surface area contributed by atoms with Crippen LogP contribution in [0.15, 0.2) is 18.3 Å². The van der Waals surface area contributed by atoms with Crippen molar-refractivity contribution in [2.75, 3.05) is 18.0 Å². The van der Waals surface area contributed by atoms with Crippen molar-refractivity contribution in [1.82, 2.24) is 4.98 Å². The van der Waals surface area contributed by atoms with Gasteiger partial charge in [-0.15, -0.1) is 0 Å². The van der Waals surface area contributed by atoms with E-state index in [1.54, 1.807) is 12.3 Å². The molecule has 4 heteroatoms. The zero-order valence-corrected chi connectivity index (χ0v) is 9.39. The van der Waals surface area contributed by atoms with Gasteiger partial charge in [0.25, 0.3) is 0 Å². The molecule has 2 heterocycles. The number of hydrogen-bond donors (Lipinski definition) is 1. The van der Waals surface area contributed by atoms with Crippen LogP contribution in [0.25, 0.3) is 0 Å². The second-order valence-electron chi connectivity index (χ2n) is 4.27. The zero-order valence-electron chi connectivity index (χ0n) is 9.39. The molecule has 86 valence electrons. The molecule has 0 amide bonds. The molecule has 0 unspecified atom stereocenters. The first-order valence-corrected chi connectivity index (χ1v) is 5.65. The van der Waals surface area contributed by atoms with Crippen LogP contribution in [0.4, 0.5) is 5.69 Å². The summed E-state index contributed by atoms with van der Waals surface area (Å²) in [4.78, 5) is 16.8. The van der Waals surface area contributed by atoms with Gasteiger partial charge in [-0.2, -0.15) is 0 Å². The quantitative estimate of drug-likeness (QED) is 0.843. The third-order valence-electron chi connectivity index (χ3n) is 2.99. The maximum Gasteiger partial charge on any atom is 0.354 e. The van der Waals surface area contributed by atoms with E-state index < -0.39 is 5.97 Å². The van der Waals surface area contributed by atoms with Gasteiger partial charge in [0, 0.05) is 13.1 Å². The van der Waals surface area contributed by atoms with E-state index in [4.69, 9.17) is 5.11 Å². The van der Waals surface area contributed by atoms with Gasteiger partial charge in [0.1, 0.15) is 5.69 Å². The molecule has 1 N–H and O–H groups in total. The van der Waals surface area contributed by atoms with E-state index in [9.17, 15) is 4.79 Å². The minimum Gasteiger partial charge on any atom is -0.477 e. The molecule has 1 fully saturated rings. The second-order valence-corrected chi connectivity index (χ2v) is 4.27. The van der Waals surface area contributed by atoms with Crippen molar-refractivity contribution in [3.05, 3.63) is 24.0 Å². The number of carbonyl (C=O) groups is 1. The van der Waals surface area contributed by atoms with E-state index in [0.29, 0.717) is 0 Å². The predicted octanol–water partition coefficient (Wildman–Crippen LogP) is 2.02. The fraction of sp³-hybridized carbons (Fsp3) is 0.500. The van der Waals surface area contributed by atoms with Gasteiger partial charge in [-0.05, 0) is 24.5 Å². The number of pyridine rings is 1. The second kappa shape index (κ2) is 4.51. The topological polar surface area (TPSA) is 53.4 Å². The van der Waals surface area contributed by atoms with Gasteiger partial charge in [-0.1, -0.05) is 13.3 Å². The van der Waals surface area contributed by atoms with Crippen molar-refractivity contribution in [2.45, 2.75) is 19.8 Å². The molecule has 0 spiro atoms. The van der Waals surface area contributed by atoms with Crippen molar-refractivity contribution >= 4 is 11.7 Å². The van der Waals surface area contributed by atoms with E-state index in [1.807, 2.05) is 6.07 Å². The molecular weight excluding hydrogens is 204 g/mol. The fourth-order valence-corrected chi connectivity index (χ4v) is 2.07. The summed E-state index contributed by atoms with van der Waals surface area (Å²) in [6.45, 7) is 4.34. The molecule has 0 aromatic carbocycles. The van der Waals surface area contributed by atoms with Crippen LogP contribution in [-0.4, -0.2) is 29.1 Å². The molecule has 1 aliphatic heterocycles. The summed E-state index contributed by atoms with van der Waals surface area (Å²) >= 11 is 0. The van der Waals surface area contributed by atoms with E-state index in [-0.39, 0.29) is 5.69 Å². The van der Waals surface area contributed by atoms with Gasteiger partial charge in [0.05, 0.1) is 11.9 Å². The molecule has 0 saturated carbocycles. The molecule has 0 aliphatic carbocycles. The normalized spacial score (nSPS) is 15.9. The number of rotatable bonds is 4.